The average molecular weight is 653 g/mol. The standard InChI is InChI=1S/C30H34BrN7O3S/c1-2-17-36(25-26(32)37(29(41)33-28(25)40)18-20-9-5-3-6-10-20)24(39)19-42-30-35-34-27(21-13-15-22(31)16-14-21)38(30)23-11-7-4-8-12-23/h3,5-6,9-10,13-16,23H,2,4,7-8,11-12,17-19,32H2,1H3,(H,33,40,41). The molecule has 0 atom stereocenters. The third-order valence-electron chi connectivity index (χ3n) is 7.45. The monoisotopic (exact) mass is 651 g/mol. The molecule has 4 aromatic rings. The minimum Gasteiger partial charge on any atom is -0.383 e. The van der Waals surface area contributed by atoms with E-state index in [4.69, 9.17) is 5.73 Å². The highest BCUT2D eigenvalue weighted by Gasteiger charge is 2.27. The molecule has 2 aromatic heterocycles. The molecule has 2 aromatic carbocycles. The van der Waals surface area contributed by atoms with Gasteiger partial charge in [0.2, 0.25) is 5.91 Å². The molecule has 1 aliphatic rings. The number of nitrogens with one attached hydrogen (secondary N) is 1. The van der Waals surface area contributed by atoms with Crippen LogP contribution in [0.5, 0.6) is 0 Å². The SMILES string of the molecule is CCCN(C(=O)CSc1nnc(-c2ccc(Br)cc2)n1C1CCCCC1)c1c(N)n(Cc2ccccc2)c(=O)[nH]c1=O. The lowest BCUT2D eigenvalue weighted by Gasteiger charge is -2.26. The van der Waals surface area contributed by atoms with Gasteiger partial charge in [-0.1, -0.05) is 96.3 Å². The molecule has 1 saturated carbocycles. The predicted octanol–water partition coefficient (Wildman–Crippen LogP) is 5.23. The second-order valence-electron chi connectivity index (χ2n) is 10.4. The highest BCUT2D eigenvalue weighted by atomic mass is 79.9. The zero-order valence-electron chi connectivity index (χ0n) is 23.5. The van der Waals surface area contributed by atoms with E-state index in [1.54, 1.807) is 0 Å². The molecular weight excluding hydrogens is 618 g/mol. The summed E-state index contributed by atoms with van der Waals surface area (Å²) in [4.78, 5) is 43.2. The van der Waals surface area contributed by atoms with Crippen LogP contribution < -0.4 is 21.9 Å². The topological polar surface area (TPSA) is 132 Å². The van der Waals surface area contributed by atoms with Gasteiger partial charge >= 0.3 is 5.69 Å². The number of benzene rings is 2. The van der Waals surface area contributed by atoms with E-state index in [0.717, 1.165) is 47.1 Å². The van der Waals surface area contributed by atoms with Gasteiger partial charge in [0, 0.05) is 22.6 Å². The van der Waals surface area contributed by atoms with Crippen molar-refractivity contribution >= 4 is 45.1 Å². The Balaban J connectivity index is 1.43. The zero-order chi connectivity index (χ0) is 29.6. The molecule has 0 spiro atoms. The Morgan fingerprint density at radius 2 is 1.79 bits per heavy atom. The number of amides is 1. The predicted molar refractivity (Wildman–Crippen MR) is 170 cm³/mol. The van der Waals surface area contributed by atoms with Crippen molar-refractivity contribution in [3.05, 3.63) is 85.5 Å². The summed E-state index contributed by atoms with van der Waals surface area (Å²) in [5.41, 5.74) is 6.91. The maximum absolute atomic E-state index is 13.7. The number of nitrogens with zero attached hydrogens (tertiary/aromatic N) is 5. The lowest BCUT2D eigenvalue weighted by Crippen LogP contribution is -2.42. The minimum atomic E-state index is -0.684. The quantitative estimate of drug-likeness (QED) is 0.224. The molecule has 220 valence electrons. The Morgan fingerprint density at radius 3 is 2.48 bits per heavy atom. The van der Waals surface area contributed by atoms with Crippen molar-refractivity contribution in [3.63, 3.8) is 0 Å². The molecule has 0 bridgehead atoms. The Bertz CT molecular complexity index is 1640. The molecule has 1 amide bonds. The van der Waals surface area contributed by atoms with Crippen LogP contribution in [0.15, 0.2) is 73.8 Å². The van der Waals surface area contributed by atoms with Crippen molar-refractivity contribution in [1.29, 1.82) is 0 Å². The Labute approximate surface area is 256 Å². The van der Waals surface area contributed by atoms with Gasteiger partial charge in [-0.3, -0.25) is 23.7 Å². The van der Waals surface area contributed by atoms with Crippen LogP contribution in [-0.2, 0) is 11.3 Å². The normalized spacial score (nSPS) is 13.8. The van der Waals surface area contributed by atoms with Gasteiger partial charge in [-0.25, -0.2) is 4.79 Å². The van der Waals surface area contributed by atoms with Gasteiger partial charge in [0.25, 0.3) is 5.56 Å². The third kappa shape index (κ3) is 6.54. The molecule has 3 N–H and O–H groups in total. The van der Waals surface area contributed by atoms with E-state index < -0.39 is 11.2 Å². The Hall–Kier alpha value is -3.64. The largest absolute Gasteiger partial charge is 0.383 e. The van der Waals surface area contributed by atoms with Crippen LogP contribution in [-0.4, -0.2) is 42.5 Å². The van der Waals surface area contributed by atoms with Crippen LogP contribution in [0.1, 0.15) is 57.1 Å². The molecule has 0 unspecified atom stereocenters. The number of aromatic nitrogens is 5. The van der Waals surface area contributed by atoms with Gasteiger partial charge in [-0.2, -0.15) is 0 Å². The van der Waals surface area contributed by atoms with E-state index in [1.165, 1.54) is 27.6 Å². The van der Waals surface area contributed by atoms with Crippen molar-refractivity contribution in [2.24, 2.45) is 0 Å². The first-order valence-corrected chi connectivity index (χ1v) is 16.0. The van der Waals surface area contributed by atoms with Gasteiger partial charge < -0.3 is 10.6 Å². The van der Waals surface area contributed by atoms with Crippen molar-refractivity contribution in [1.82, 2.24) is 24.3 Å². The fourth-order valence-electron chi connectivity index (χ4n) is 5.39. The highest BCUT2D eigenvalue weighted by molar-refractivity contribution is 9.10. The lowest BCUT2D eigenvalue weighted by atomic mass is 9.95. The third-order valence-corrected chi connectivity index (χ3v) is 8.90. The van der Waals surface area contributed by atoms with E-state index >= 15 is 0 Å². The first-order valence-electron chi connectivity index (χ1n) is 14.2. The summed E-state index contributed by atoms with van der Waals surface area (Å²) in [5, 5.41) is 9.71. The summed E-state index contributed by atoms with van der Waals surface area (Å²) < 4.78 is 4.45. The Morgan fingerprint density at radius 1 is 1.07 bits per heavy atom. The van der Waals surface area contributed by atoms with Gasteiger partial charge in [0.05, 0.1) is 12.3 Å². The molecule has 1 fully saturated rings. The van der Waals surface area contributed by atoms with Crippen LogP contribution in [0.4, 0.5) is 11.5 Å². The maximum atomic E-state index is 13.7. The van der Waals surface area contributed by atoms with Crippen molar-refractivity contribution in [2.75, 3.05) is 22.9 Å². The van der Waals surface area contributed by atoms with E-state index in [9.17, 15) is 14.4 Å². The second-order valence-corrected chi connectivity index (χ2v) is 12.2. The summed E-state index contributed by atoms with van der Waals surface area (Å²) in [5.74, 6) is 0.472. The van der Waals surface area contributed by atoms with Crippen LogP contribution in [0.2, 0.25) is 0 Å². The van der Waals surface area contributed by atoms with Gasteiger partial charge in [-0.05, 0) is 37.0 Å². The number of H-pyrrole nitrogens is 1. The van der Waals surface area contributed by atoms with Gasteiger partial charge in [0.15, 0.2) is 16.7 Å². The fourth-order valence-corrected chi connectivity index (χ4v) is 6.54. The molecule has 0 aliphatic heterocycles. The molecule has 0 radical (unpaired) electrons. The summed E-state index contributed by atoms with van der Waals surface area (Å²) in [6, 6.07) is 17.6. The lowest BCUT2D eigenvalue weighted by molar-refractivity contribution is -0.116. The molecule has 1 aliphatic carbocycles. The van der Waals surface area contributed by atoms with Crippen molar-refractivity contribution < 1.29 is 4.79 Å². The van der Waals surface area contributed by atoms with Crippen LogP contribution in [0.25, 0.3) is 11.4 Å². The van der Waals surface area contributed by atoms with Gasteiger partial charge in [0.1, 0.15) is 5.82 Å². The zero-order valence-corrected chi connectivity index (χ0v) is 25.9. The number of hydrogen-bond acceptors (Lipinski definition) is 7. The summed E-state index contributed by atoms with van der Waals surface area (Å²) in [6.07, 6.45) is 6.13. The number of aromatic amines is 1. The van der Waals surface area contributed by atoms with E-state index in [-0.39, 0.29) is 42.3 Å². The number of rotatable bonds is 10. The van der Waals surface area contributed by atoms with E-state index in [1.807, 2.05) is 61.5 Å². The number of halogens is 1. The molecule has 10 nitrogen and oxygen atoms in total. The van der Waals surface area contributed by atoms with Crippen LogP contribution >= 0.6 is 27.7 Å². The fraction of sp³-hybridized carbons (Fsp3) is 0.367. The summed E-state index contributed by atoms with van der Waals surface area (Å²) in [6.45, 7) is 2.36. The van der Waals surface area contributed by atoms with Crippen LogP contribution in [0, 0.1) is 0 Å². The molecule has 0 saturated heterocycles. The highest BCUT2D eigenvalue weighted by Crippen LogP contribution is 2.36. The molecular formula is C30H34BrN7O3S. The van der Waals surface area contributed by atoms with Crippen molar-refractivity contribution in [3.8, 4) is 11.4 Å². The molecule has 2 heterocycles. The van der Waals surface area contributed by atoms with Crippen LogP contribution in [0.3, 0.4) is 0 Å². The number of hydrogen-bond donors (Lipinski definition) is 2. The van der Waals surface area contributed by atoms with E-state index in [2.05, 4.69) is 35.7 Å². The number of nitrogen functional groups attached to an aromatic ring is 1. The maximum Gasteiger partial charge on any atom is 0.330 e. The number of anilines is 2. The van der Waals surface area contributed by atoms with E-state index in [0.29, 0.717) is 11.6 Å². The van der Waals surface area contributed by atoms with Crippen molar-refractivity contribution in [2.45, 2.75) is 63.2 Å². The molecule has 5 rings (SSSR count). The summed E-state index contributed by atoms with van der Waals surface area (Å²) in [7, 11) is 0. The minimum absolute atomic E-state index is 0.0118. The average Bonchev–Trinajstić information content (AvgIpc) is 3.43. The van der Waals surface area contributed by atoms with Gasteiger partial charge in [-0.15, -0.1) is 10.2 Å². The summed E-state index contributed by atoms with van der Waals surface area (Å²) >= 11 is 4.80. The number of nitrogens with two attached hydrogens (primary N) is 1. The smallest absolute Gasteiger partial charge is 0.330 e. The first-order chi connectivity index (χ1) is 20.4. The Kier molecular flexibility index (Phi) is 9.63. The second kappa shape index (κ2) is 13.6. The molecule has 12 heteroatoms. The number of thioether (sulfide) groups is 1. The number of carbonyl (C=O) groups excluding carboxylic acids is 1. The number of carbonyl (C=O) groups is 1. The molecule has 42 heavy (non-hydrogen) atoms. The first kappa shape index (κ1) is 29.8.